The molecule has 0 fully saturated rings. The first-order valence-electron chi connectivity index (χ1n) is 4.67. The second-order valence-corrected chi connectivity index (χ2v) is 3.69. The molecule has 0 aromatic rings. The van der Waals surface area contributed by atoms with Crippen LogP contribution in [0.25, 0.3) is 0 Å². The third kappa shape index (κ3) is 9.36. The standard InChI is InChI=1S/C11H17F3/c1-9(2)5-4-6-10(3)7-8-11(12,13)14/h5,7H,4,6,8H2,1-3H3/b10-7+. The molecule has 0 aliphatic carbocycles. The van der Waals surface area contributed by atoms with Crippen molar-refractivity contribution in [2.75, 3.05) is 0 Å². The molecule has 0 aromatic heterocycles. The van der Waals surface area contributed by atoms with E-state index in [4.69, 9.17) is 0 Å². The van der Waals surface area contributed by atoms with Crippen LogP contribution in [-0.2, 0) is 0 Å². The Hall–Kier alpha value is -0.730. The molecule has 3 heteroatoms. The Morgan fingerprint density at radius 3 is 2.07 bits per heavy atom. The fourth-order valence-electron chi connectivity index (χ4n) is 0.981. The Bertz CT molecular complexity index is 217. The smallest absolute Gasteiger partial charge is 0.171 e. The summed E-state index contributed by atoms with van der Waals surface area (Å²) in [5.74, 6) is 0. The van der Waals surface area contributed by atoms with Gasteiger partial charge in [0.25, 0.3) is 0 Å². The maximum atomic E-state index is 11.8. The zero-order valence-corrected chi connectivity index (χ0v) is 8.91. The molecule has 0 heterocycles. The molecular weight excluding hydrogens is 189 g/mol. The monoisotopic (exact) mass is 206 g/mol. The molecule has 0 aliphatic heterocycles. The molecule has 82 valence electrons. The van der Waals surface area contributed by atoms with Crippen LogP contribution in [0, 0.1) is 0 Å². The molecule has 0 aromatic carbocycles. The molecule has 0 unspecified atom stereocenters. The zero-order valence-electron chi connectivity index (χ0n) is 8.91. The predicted octanol–water partition coefficient (Wildman–Crippen LogP) is 4.63. The highest BCUT2D eigenvalue weighted by molar-refractivity contribution is 5.02. The molecule has 0 N–H and O–H groups in total. The number of alkyl halides is 3. The summed E-state index contributed by atoms with van der Waals surface area (Å²) in [5, 5.41) is 0. The lowest BCUT2D eigenvalue weighted by atomic mass is 10.1. The van der Waals surface area contributed by atoms with E-state index < -0.39 is 12.6 Å². The predicted molar refractivity (Wildman–Crippen MR) is 53.1 cm³/mol. The topological polar surface area (TPSA) is 0 Å². The van der Waals surface area contributed by atoms with Gasteiger partial charge in [0.1, 0.15) is 0 Å². The van der Waals surface area contributed by atoms with Crippen molar-refractivity contribution >= 4 is 0 Å². The minimum atomic E-state index is -4.07. The van der Waals surface area contributed by atoms with E-state index >= 15 is 0 Å². The van der Waals surface area contributed by atoms with E-state index in [1.165, 1.54) is 11.6 Å². The molecule has 0 amide bonds. The fourth-order valence-corrected chi connectivity index (χ4v) is 0.981. The third-order valence-corrected chi connectivity index (χ3v) is 1.77. The van der Waals surface area contributed by atoms with Crippen molar-refractivity contribution < 1.29 is 13.2 Å². The molecule has 0 rings (SSSR count). The number of hydrogen-bond donors (Lipinski definition) is 0. The second kappa shape index (κ2) is 5.89. The maximum Gasteiger partial charge on any atom is 0.392 e. The van der Waals surface area contributed by atoms with Gasteiger partial charge in [-0.25, -0.2) is 0 Å². The van der Waals surface area contributed by atoms with Gasteiger partial charge in [0.05, 0.1) is 6.42 Å². The van der Waals surface area contributed by atoms with Gasteiger partial charge in [0, 0.05) is 0 Å². The Kier molecular flexibility index (Phi) is 5.58. The van der Waals surface area contributed by atoms with Crippen molar-refractivity contribution in [3.8, 4) is 0 Å². The molecule has 0 atom stereocenters. The zero-order chi connectivity index (χ0) is 11.2. The Morgan fingerprint density at radius 2 is 1.64 bits per heavy atom. The quantitative estimate of drug-likeness (QED) is 0.588. The van der Waals surface area contributed by atoms with Crippen LogP contribution in [0.5, 0.6) is 0 Å². The summed E-state index contributed by atoms with van der Waals surface area (Å²) in [5.41, 5.74) is 2.01. The van der Waals surface area contributed by atoms with Gasteiger partial charge in [-0.2, -0.15) is 13.2 Å². The summed E-state index contributed by atoms with van der Waals surface area (Å²) >= 11 is 0. The van der Waals surface area contributed by atoms with Crippen LogP contribution in [0.1, 0.15) is 40.0 Å². The van der Waals surface area contributed by atoms with Crippen molar-refractivity contribution in [3.63, 3.8) is 0 Å². The lowest BCUT2D eigenvalue weighted by molar-refractivity contribution is -0.125. The van der Waals surface area contributed by atoms with Gasteiger partial charge in [0.2, 0.25) is 0 Å². The molecular formula is C11H17F3. The Labute approximate surface area is 83.5 Å². The first-order chi connectivity index (χ1) is 6.31. The van der Waals surface area contributed by atoms with E-state index in [9.17, 15) is 13.2 Å². The SMILES string of the molecule is CC(C)=CCC/C(C)=C/CC(F)(F)F. The second-order valence-electron chi connectivity index (χ2n) is 3.69. The van der Waals surface area contributed by atoms with Crippen LogP contribution in [-0.4, -0.2) is 6.18 Å². The first kappa shape index (κ1) is 13.3. The fraction of sp³-hybridized carbons (Fsp3) is 0.636. The van der Waals surface area contributed by atoms with Crippen LogP contribution in [0.2, 0.25) is 0 Å². The average molecular weight is 206 g/mol. The van der Waals surface area contributed by atoms with Gasteiger partial charge < -0.3 is 0 Å². The molecule has 0 saturated heterocycles. The summed E-state index contributed by atoms with van der Waals surface area (Å²) in [7, 11) is 0. The maximum absolute atomic E-state index is 11.8. The van der Waals surface area contributed by atoms with Gasteiger partial charge in [-0.3, -0.25) is 0 Å². The summed E-state index contributed by atoms with van der Waals surface area (Å²) in [6.45, 7) is 5.70. The normalized spacial score (nSPS) is 12.9. The highest BCUT2D eigenvalue weighted by atomic mass is 19.4. The lowest BCUT2D eigenvalue weighted by Gasteiger charge is -2.03. The number of allylic oxidation sites excluding steroid dienone is 4. The van der Waals surface area contributed by atoms with Crippen molar-refractivity contribution in [2.45, 2.75) is 46.2 Å². The highest BCUT2D eigenvalue weighted by Crippen LogP contribution is 2.21. The van der Waals surface area contributed by atoms with Crippen LogP contribution in [0.3, 0.4) is 0 Å². The number of rotatable bonds is 4. The van der Waals surface area contributed by atoms with Gasteiger partial charge in [0.15, 0.2) is 0 Å². The molecule has 0 nitrogen and oxygen atoms in total. The van der Waals surface area contributed by atoms with Gasteiger partial charge in [-0.1, -0.05) is 23.3 Å². The van der Waals surface area contributed by atoms with Crippen LogP contribution in [0.4, 0.5) is 13.2 Å². The summed E-state index contributed by atoms with van der Waals surface area (Å²) in [6.07, 6.45) is -0.0566. The van der Waals surface area contributed by atoms with E-state index in [0.29, 0.717) is 6.42 Å². The molecule has 0 bridgehead atoms. The Morgan fingerprint density at radius 1 is 1.07 bits per heavy atom. The van der Waals surface area contributed by atoms with Crippen molar-refractivity contribution in [1.82, 2.24) is 0 Å². The molecule has 14 heavy (non-hydrogen) atoms. The molecule has 0 spiro atoms. The first-order valence-corrected chi connectivity index (χ1v) is 4.67. The van der Waals surface area contributed by atoms with E-state index in [1.54, 1.807) is 6.92 Å². The summed E-state index contributed by atoms with van der Waals surface area (Å²) in [4.78, 5) is 0. The molecule has 0 aliphatic rings. The van der Waals surface area contributed by atoms with E-state index in [1.807, 2.05) is 19.9 Å². The number of halogens is 3. The average Bonchev–Trinajstić information content (AvgIpc) is 1.99. The largest absolute Gasteiger partial charge is 0.392 e. The Balaban J connectivity index is 3.85. The third-order valence-electron chi connectivity index (χ3n) is 1.77. The summed E-state index contributed by atoms with van der Waals surface area (Å²) < 4.78 is 35.4. The number of hydrogen-bond acceptors (Lipinski definition) is 0. The van der Waals surface area contributed by atoms with E-state index in [-0.39, 0.29) is 0 Å². The van der Waals surface area contributed by atoms with Crippen LogP contribution in [0.15, 0.2) is 23.3 Å². The van der Waals surface area contributed by atoms with Crippen molar-refractivity contribution in [1.29, 1.82) is 0 Å². The van der Waals surface area contributed by atoms with E-state index in [0.717, 1.165) is 12.0 Å². The lowest BCUT2D eigenvalue weighted by Crippen LogP contribution is -2.04. The summed E-state index contributed by atoms with van der Waals surface area (Å²) in [6, 6.07) is 0. The van der Waals surface area contributed by atoms with Crippen molar-refractivity contribution in [2.24, 2.45) is 0 Å². The van der Waals surface area contributed by atoms with Gasteiger partial charge in [-0.05, 0) is 33.6 Å². The minimum Gasteiger partial charge on any atom is -0.171 e. The van der Waals surface area contributed by atoms with Gasteiger partial charge >= 0.3 is 6.18 Å². The highest BCUT2D eigenvalue weighted by Gasteiger charge is 2.24. The van der Waals surface area contributed by atoms with Crippen molar-refractivity contribution in [3.05, 3.63) is 23.3 Å². The van der Waals surface area contributed by atoms with Crippen LogP contribution < -0.4 is 0 Å². The molecule has 0 radical (unpaired) electrons. The van der Waals surface area contributed by atoms with Gasteiger partial charge in [-0.15, -0.1) is 0 Å². The van der Waals surface area contributed by atoms with Crippen LogP contribution >= 0.6 is 0 Å². The minimum absolute atomic E-state index is 0.710. The molecule has 0 saturated carbocycles. The van der Waals surface area contributed by atoms with E-state index in [2.05, 4.69) is 0 Å².